The fourth-order valence-corrected chi connectivity index (χ4v) is 1.41. The molecule has 1 atom stereocenters. The van der Waals surface area contributed by atoms with Gasteiger partial charge < -0.3 is 16.2 Å². The van der Waals surface area contributed by atoms with Crippen LogP contribution in [-0.2, 0) is 4.79 Å². The molecule has 0 aliphatic rings. The Bertz CT molecular complexity index is 331. The van der Waals surface area contributed by atoms with Crippen LogP contribution in [0.25, 0.3) is 0 Å². The average molecular weight is 222 g/mol. The van der Waals surface area contributed by atoms with Crippen LogP contribution >= 0.6 is 0 Å². The number of nitrogens with two attached hydrogens (primary N) is 1. The van der Waals surface area contributed by atoms with Gasteiger partial charge in [-0.25, -0.2) is 0 Å². The lowest BCUT2D eigenvalue weighted by Gasteiger charge is -2.11. The van der Waals surface area contributed by atoms with Gasteiger partial charge in [-0.05, 0) is 36.7 Å². The zero-order valence-electron chi connectivity index (χ0n) is 9.44. The lowest BCUT2D eigenvalue weighted by Crippen LogP contribution is -2.21. The van der Waals surface area contributed by atoms with Gasteiger partial charge in [0, 0.05) is 12.1 Å². The molecule has 16 heavy (non-hydrogen) atoms. The van der Waals surface area contributed by atoms with E-state index in [4.69, 9.17) is 10.8 Å². The zero-order valence-corrected chi connectivity index (χ0v) is 9.44. The number of benzene rings is 1. The van der Waals surface area contributed by atoms with Crippen molar-refractivity contribution < 1.29 is 9.90 Å². The maximum atomic E-state index is 11.6. The van der Waals surface area contributed by atoms with Gasteiger partial charge in [0.25, 0.3) is 0 Å². The molecule has 1 aromatic carbocycles. The molecular formula is C12H18N2O2. The fraction of sp³-hybridized carbons (Fsp3) is 0.417. The van der Waals surface area contributed by atoms with Gasteiger partial charge >= 0.3 is 0 Å². The molecule has 0 fully saturated rings. The predicted octanol–water partition coefficient (Wildman–Crippen LogP) is 1.71. The van der Waals surface area contributed by atoms with Gasteiger partial charge in [-0.2, -0.15) is 0 Å². The molecule has 88 valence electrons. The van der Waals surface area contributed by atoms with Gasteiger partial charge in [0.1, 0.15) is 5.75 Å². The largest absolute Gasteiger partial charge is 0.508 e. The maximum absolute atomic E-state index is 11.6. The first-order valence-corrected chi connectivity index (χ1v) is 5.44. The summed E-state index contributed by atoms with van der Waals surface area (Å²) < 4.78 is 0. The quantitative estimate of drug-likeness (QED) is 0.664. The number of carbonyl (C=O) groups is 1. The smallest absolute Gasteiger partial charge is 0.224 e. The number of hydrogen-bond acceptors (Lipinski definition) is 3. The van der Waals surface area contributed by atoms with Gasteiger partial charge in [0.2, 0.25) is 5.91 Å². The van der Waals surface area contributed by atoms with Gasteiger partial charge in [-0.1, -0.05) is 13.3 Å². The SMILES string of the molecule is CCC(CN)CC(=O)Nc1ccc(O)cc1. The summed E-state index contributed by atoms with van der Waals surface area (Å²) in [6.45, 7) is 2.55. The normalized spacial score (nSPS) is 12.1. The summed E-state index contributed by atoms with van der Waals surface area (Å²) in [7, 11) is 0. The fourth-order valence-electron chi connectivity index (χ4n) is 1.41. The Kier molecular flexibility index (Phi) is 4.79. The van der Waals surface area contributed by atoms with E-state index in [1.165, 1.54) is 12.1 Å². The van der Waals surface area contributed by atoms with E-state index < -0.39 is 0 Å². The Morgan fingerprint density at radius 3 is 2.56 bits per heavy atom. The first-order chi connectivity index (χ1) is 7.65. The van der Waals surface area contributed by atoms with Crippen LogP contribution in [0.4, 0.5) is 5.69 Å². The number of anilines is 1. The molecule has 0 aliphatic carbocycles. The monoisotopic (exact) mass is 222 g/mol. The molecule has 0 aromatic heterocycles. The van der Waals surface area contributed by atoms with Gasteiger partial charge in [-0.15, -0.1) is 0 Å². The maximum Gasteiger partial charge on any atom is 0.224 e. The third kappa shape index (κ3) is 3.90. The third-order valence-electron chi connectivity index (χ3n) is 2.54. The highest BCUT2D eigenvalue weighted by Gasteiger charge is 2.10. The molecular weight excluding hydrogens is 204 g/mol. The van der Waals surface area contributed by atoms with Crippen molar-refractivity contribution in [3.8, 4) is 5.75 Å². The van der Waals surface area contributed by atoms with Gasteiger partial charge in [0.15, 0.2) is 0 Å². The number of rotatable bonds is 5. The lowest BCUT2D eigenvalue weighted by atomic mass is 10.0. The van der Waals surface area contributed by atoms with E-state index in [9.17, 15) is 4.79 Å². The van der Waals surface area contributed by atoms with E-state index >= 15 is 0 Å². The van der Waals surface area contributed by atoms with Crippen molar-refractivity contribution in [3.63, 3.8) is 0 Å². The van der Waals surface area contributed by atoms with Crippen molar-refractivity contribution in [1.29, 1.82) is 0 Å². The number of phenols is 1. The van der Waals surface area contributed by atoms with Crippen LogP contribution in [0.2, 0.25) is 0 Å². The number of hydrogen-bond donors (Lipinski definition) is 3. The van der Waals surface area contributed by atoms with Crippen LogP contribution in [0, 0.1) is 5.92 Å². The zero-order chi connectivity index (χ0) is 12.0. The standard InChI is InChI=1S/C12H18N2O2/c1-2-9(8-13)7-12(16)14-10-3-5-11(15)6-4-10/h3-6,9,15H,2,7-8,13H2,1H3,(H,14,16). The Balaban J connectivity index is 2.48. The van der Waals surface area contributed by atoms with Crippen LogP contribution in [-0.4, -0.2) is 17.6 Å². The molecule has 4 heteroatoms. The van der Waals surface area contributed by atoms with Crippen LogP contribution in [0.1, 0.15) is 19.8 Å². The summed E-state index contributed by atoms with van der Waals surface area (Å²) in [4.78, 5) is 11.6. The second-order valence-electron chi connectivity index (χ2n) is 3.81. The Morgan fingerprint density at radius 2 is 2.06 bits per heavy atom. The third-order valence-corrected chi connectivity index (χ3v) is 2.54. The van der Waals surface area contributed by atoms with Crippen molar-refractivity contribution >= 4 is 11.6 Å². The van der Waals surface area contributed by atoms with Crippen LogP contribution < -0.4 is 11.1 Å². The summed E-state index contributed by atoms with van der Waals surface area (Å²) in [6, 6.07) is 6.40. The molecule has 4 N–H and O–H groups in total. The van der Waals surface area contributed by atoms with Gasteiger partial charge in [0.05, 0.1) is 0 Å². The van der Waals surface area contributed by atoms with Crippen LogP contribution in [0.15, 0.2) is 24.3 Å². The minimum Gasteiger partial charge on any atom is -0.508 e. The molecule has 0 aliphatic heterocycles. The van der Waals surface area contributed by atoms with E-state index in [0.29, 0.717) is 18.7 Å². The van der Waals surface area contributed by atoms with Crippen molar-refractivity contribution in [3.05, 3.63) is 24.3 Å². The molecule has 1 amide bonds. The molecule has 0 saturated heterocycles. The molecule has 1 unspecified atom stereocenters. The summed E-state index contributed by atoms with van der Waals surface area (Å²) in [6.07, 6.45) is 1.34. The highest BCUT2D eigenvalue weighted by Crippen LogP contribution is 2.15. The minimum absolute atomic E-state index is 0.0389. The van der Waals surface area contributed by atoms with E-state index in [2.05, 4.69) is 5.32 Å². The number of amides is 1. The first-order valence-electron chi connectivity index (χ1n) is 5.44. The van der Waals surface area contributed by atoms with E-state index in [1.54, 1.807) is 12.1 Å². The topological polar surface area (TPSA) is 75.4 Å². The van der Waals surface area contributed by atoms with E-state index in [0.717, 1.165) is 6.42 Å². The number of carbonyl (C=O) groups excluding carboxylic acids is 1. The predicted molar refractivity (Wildman–Crippen MR) is 64.2 cm³/mol. The molecule has 1 rings (SSSR count). The summed E-state index contributed by atoms with van der Waals surface area (Å²) >= 11 is 0. The van der Waals surface area contributed by atoms with E-state index in [-0.39, 0.29) is 17.6 Å². The molecule has 1 aromatic rings. The molecule has 0 heterocycles. The molecule has 0 spiro atoms. The first kappa shape index (κ1) is 12.5. The van der Waals surface area contributed by atoms with Crippen molar-refractivity contribution in [2.75, 3.05) is 11.9 Å². The second-order valence-corrected chi connectivity index (χ2v) is 3.81. The lowest BCUT2D eigenvalue weighted by molar-refractivity contribution is -0.117. The molecule has 0 radical (unpaired) electrons. The Labute approximate surface area is 95.5 Å². The molecule has 0 bridgehead atoms. The summed E-state index contributed by atoms with van der Waals surface area (Å²) in [5.74, 6) is 0.381. The summed E-state index contributed by atoms with van der Waals surface area (Å²) in [5.41, 5.74) is 6.22. The van der Waals surface area contributed by atoms with Crippen molar-refractivity contribution in [2.45, 2.75) is 19.8 Å². The number of nitrogens with one attached hydrogen (secondary N) is 1. The van der Waals surface area contributed by atoms with Crippen LogP contribution in [0.5, 0.6) is 5.75 Å². The highest BCUT2D eigenvalue weighted by molar-refractivity contribution is 5.90. The Morgan fingerprint density at radius 1 is 1.44 bits per heavy atom. The Hall–Kier alpha value is -1.55. The van der Waals surface area contributed by atoms with Crippen molar-refractivity contribution in [1.82, 2.24) is 0 Å². The van der Waals surface area contributed by atoms with Crippen molar-refractivity contribution in [2.24, 2.45) is 11.7 Å². The van der Waals surface area contributed by atoms with E-state index in [1.807, 2.05) is 6.92 Å². The summed E-state index contributed by atoms with van der Waals surface area (Å²) in [5, 5.41) is 11.8. The van der Waals surface area contributed by atoms with Gasteiger partial charge in [-0.3, -0.25) is 4.79 Å². The highest BCUT2D eigenvalue weighted by atomic mass is 16.3. The molecule has 4 nitrogen and oxygen atoms in total. The average Bonchev–Trinajstić information content (AvgIpc) is 2.29. The minimum atomic E-state index is -0.0389. The number of aromatic hydroxyl groups is 1. The second kappa shape index (κ2) is 6.12. The molecule has 0 saturated carbocycles. The number of phenolic OH excluding ortho intramolecular Hbond substituents is 1. The van der Waals surface area contributed by atoms with Crippen LogP contribution in [0.3, 0.4) is 0 Å².